The molecule has 226 valence electrons. The van der Waals surface area contributed by atoms with E-state index in [1.807, 2.05) is 60.8 Å². The van der Waals surface area contributed by atoms with Gasteiger partial charge in [-0.05, 0) is 78.7 Å². The highest BCUT2D eigenvalue weighted by Crippen LogP contribution is 2.35. The van der Waals surface area contributed by atoms with Gasteiger partial charge < -0.3 is 29.5 Å². The summed E-state index contributed by atoms with van der Waals surface area (Å²) in [4.78, 5) is 24.0. The van der Waals surface area contributed by atoms with Crippen LogP contribution < -0.4 is 10.5 Å². The van der Waals surface area contributed by atoms with Crippen LogP contribution in [0.25, 0.3) is 22.6 Å². The number of hydrogen-bond donors (Lipinski definition) is 1. The predicted molar refractivity (Wildman–Crippen MR) is 164 cm³/mol. The first-order valence-electron chi connectivity index (χ1n) is 14.1. The average molecular weight is 589 g/mol. The summed E-state index contributed by atoms with van der Waals surface area (Å²) in [5, 5.41) is 4.55. The SMILES string of the molecule is CC.COC(=O)N1CCCCC1.Cc1noc(C)c1-c1nc(-c2cc(OCCCN(C)C)ccc2Cl)nc(N)c1C. The zero-order valence-electron chi connectivity index (χ0n) is 25.7. The maximum atomic E-state index is 10.9. The Labute approximate surface area is 249 Å². The lowest BCUT2D eigenvalue weighted by Gasteiger charge is -2.24. The Morgan fingerprint density at radius 3 is 2.39 bits per heavy atom. The second-order valence-electron chi connectivity index (χ2n) is 9.77. The van der Waals surface area contributed by atoms with Gasteiger partial charge in [0.2, 0.25) is 0 Å². The van der Waals surface area contributed by atoms with Gasteiger partial charge in [0.1, 0.15) is 17.3 Å². The van der Waals surface area contributed by atoms with E-state index in [1.165, 1.54) is 13.5 Å². The molecule has 0 bridgehead atoms. The Bertz CT molecular complexity index is 1240. The summed E-state index contributed by atoms with van der Waals surface area (Å²) in [6.45, 7) is 12.9. The molecule has 0 radical (unpaired) electrons. The molecule has 1 amide bonds. The van der Waals surface area contributed by atoms with Crippen molar-refractivity contribution >= 4 is 23.5 Å². The molecular weight excluding hydrogens is 544 g/mol. The number of amides is 1. The first-order valence-corrected chi connectivity index (χ1v) is 14.5. The molecule has 1 saturated heterocycles. The van der Waals surface area contributed by atoms with Crippen molar-refractivity contribution in [1.82, 2.24) is 24.9 Å². The summed E-state index contributed by atoms with van der Waals surface area (Å²) >= 11 is 6.45. The number of piperidine rings is 1. The molecule has 0 spiro atoms. The number of benzene rings is 1. The van der Waals surface area contributed by atoms with Crippen LogP contribution in [0.2, 0.25) is 5.02 Å². The number of anilines is 1. The summed E-state index contributed by atoms with van der Waals surface area (Å²) in [5.74, 6) is 2.22. The lowest BCUT2D eigenvalue weighted by Crippen LogP contribution is -2.35. The van der Waals surface area contributed by atoms with E-state index < -0.39 is 0 Å². The molecule has 3 heterocycles. The van der Waals surface area contributed by atoms with E-state index in [0.29, 0.717) is 46.0 Å². The van der Waals surface area contributed by atoms with Crippen LogP contribution in [0.3, 0.4) is 0 Å². The van der Waals surface area contributed by atoms with Gasteiger partial charge in [-0.1, -0.05) is 30.6 Å². The Kier molecular flexibility index (Phi) is 13.9. The first kappa shape index (κ1) is 33.8. The summed E-state index contributed by atoms with van der Waals surface area (Å²) in [6.07, 6.45) is 4.23. The van der Waals surface area contributed by atoms with Crippen LogP contribution in [0.5, 0.6) is 5.75 Å². The molecule has 2 aromatic heterocycles. The normalized spacial score (nSPS) is 12.7. The van der Waals surface area contributed by atoms with E-state index in [2.05, 4.69) is 19.8 Å². The molecule has 1 fully saturated rings. The van der Waals surface area contributed by atoms with E-state index in [1.54, 1.807) is 11.0 Å². The van der Waals surface area contributed by atoms with Crippen LogP contribution in [0.4, 0.5) is 10.6 Å². The number of carbonyl (C=O) groups is 1. The number of rotatable bonds is 7. The second kappa shape index (κ2) is 16.8. The Morgan fingerprint density at radius 2 is 1.80 bits per heavy atom. The maximum Gasteiger partial charge on any atom is 0.409 e. The quantitative estimate of drug-likeness (QED) is 0.306. The number of aromatic nitrogens is 3. The van der Waals surface area contributed by atoms with E-state index >= 15 is 0 Å². The van der Waals surface area contributed by atoms with E-state index in [9.17, 15) is 4.79 Å². The second-order valence-corrected chi connectivity index (χ2v) is 10.2. The molecule has 1 aliphatic heterocycles. The number of likely N-dealkylation sites (tertiary alicyclic amines) is 1. The van der Waals surface area contributed by atoms with Crippen molar-refractivity contribution in [3.63, 3.8) is 0 Å². The molecule has 2 N–H and O–H groups in total. The highest BCUT2D eigenvalue weighted by atomic mass is 35.5. The fourth-order valence-electron chi connectivity index (χ4n) is 4.26. The largest absolute Gasteiger partial charge is 0.494 e. The van der Waals surface area contributed by atoms with Crippen LogP contribution in [-0.4, -0.2) is 78.5 Å². The number of ether oxygens (including phenoxy) is 2. The fraction of sp³-hybridized carbons (Fsp3) is 0.533. The smallest absolute Gasteiger partial charge is 0.409 e. The molecule has 0 saturated carbocycles. The van der Waals surface area contributed by atoms with Gasteiger partial charge >= 0.3 is 6.09 Å². The molecular formula is C30H45ClN6O4. The van der Waals surface area contributed by atoms with Gasteiger partial charge in [-0.2, -0.15) is 0 Å². The van der Waals surface area contributed by atoms with E-state index in [-0.39, 0.29) is 6.09 Å². The first-order chi connectivity index (χ1) is 19.6. The molecule has 1 aliphatic rings. The monoisotopic (exact) mass is 588 g/mol. The highest BCUT2D eigenvalue weighted by molar-refractivity contribution is 6.33. The molecule has 0 aliphatic carbocycles. The molecule has 41 heavy (non-hydrogen) atoms. The number of nitrogen functional groups attached to an aromatic ring is 1. The number of nitrogens with two attached hydrogens (primary N) is 1. The summed E-state index contributed by atoms with van der Waals surface area (Å²) in [5.41, 5.74) is 9.90. The number of nitrogens with zero attached hydrogens (tertiary/aromatic N) is 5. The summed E-state index contributed by atoms with van der Waals surface area (Å²) in [6, 6.07) is 5.47. The van der Waals surface area contributed by atoms with Gasteiger partial charge in [-0.3, -0.25) is 0 Å². The van der Waals surface area contributed by atoms with Gasteiger partial charge in [0.25, 0.3) is 0 Å². The van der Waals surface area contributed by atoms with Crippen LogP contribution >= 0.6 is 11.6 Å². The van der Waals surface area contributed by atoms with Crippen molar-refractivity contribution < 1.29 is 18.8 Å². The maximum absolute atomic E-state index is 10.9. The van der Waals surface area contributed by atoms with Gasteiger partial charge in [0.05, 0.1) is 35.7 Å². The number of carbonyl (C=O) groups excluding carboxylic acids is 1. The van der Waals surface area contributed by atoms with Crippen molar-refractivity contribution in [2.75, 3.05) is 53.2 Å². The molecule has 0 atom stereocenters. The van der Waals surface area contributed by atoms with Gasteiger partial charge in [-0.15, -0.1) is 0 Å². The Morgan fingerprint density at radius 1 is 1.12 bits per heavy atom. The molecule has 0 unspecified atom stereocenters. The van der Waals surface area contributed by atoms with Crippen LogP contribution in [0.1, 0.15) is 56.5 Å². The van der Waals surface area contributed by atoms with Crippen molar-refractivity contribution in [3.8, 4) is 28.4 Å². The molecule has 3 aromatic rings. The van der Waals surface area contributed by atoms with Gasteiger partial charge in [0.15, 0.2) is 5.82 Å². The minimum atomic E-state index is -0.181. The molecule has 11 heteroatoms. The molecule has 4 rings (SSSR count). The minimum absolute atomic E-state index is 0.181. The van der Waals surface area contributed by atoms with Crippen molar-refractivity contribution in [2.24, 2.45) is 0 Å². The highest BCUT2D eigenvalue weighted by Gasteiger charge is 2.20. The third-order valence-electron chi connectivity index (χ3n) is 6.44. The zero-order valence-corrected chi connectivity index (χ0v) is 26.5. The lowest BCUT2D eigenvalue weighted by atomic mass is 10.1. The molecule has 10 nitrogen and oxygen atoms in total. The van der Waals surface area contributed by atoms with Crippen molar-refractivity contribution in [2.45, 2.75) is 60.3 Å². The number of halogens is 1. The fourth-order valence-corrected chi connectivity index (χ4v) is 4.46. The van der Waals surface area contributed by atoms with Gasteiger partial charge in [-0.25, -0.2) is 14.8 Å². The topological polar surface area (TPSA) is 120 Å². The van der Waals surface area contributed by atoms with Crippen LogP contribution in [0.15, 0.2) is 22.7 Å². The van der Waals surface area contributed by atoms with Crippen LogP contribution in [-0.2, 0) is 4.74 Å². The van der Waals surface area contributed by atoms with E-state index in [0.717, 1.165) is 55.7 Å². The lowest BCUT2D eigenvalue weighted by molar-refractivity contribution is 0.115. The average Bonchev–Trinajstić information content (AvgIpc) is 3.32. The van der Waals surface area contributed by atoms with Gasteiger partial charge in [0, 0.05) is 30.8 Å². The standard InChI is InChI=1S/C21H26ClN5O2.C7H13NO2.C2H6/c1-12-19(18-13(2)26-29-14(18)3)24-21(25-20(12)23)16-11-15(7-8-17(16)22)28-10-6-9-27(4)5;1-10-7(9)8-5-3-2-4-6-8;1-2/h7-8,11H,6,9-10H2,1-5H3,(H2,23,24,25);2-6H2,1H3;1-2H3. The molecule has 1 aromatic carbocycles. The zero-order chi connectivity index (χ0) is 30.5. The van der Waals surface area contributed by atoms with Crippen molar-refractivity contribution in [1.29, 1.82) is 0 Å². The third kappa shape index (κ3) is 9.60. The third-order valence-corrected chi connectivity index (χ3v) is 6.77. The summed E-state index contributed by atoms with van der Waals surface area (Å²) < 4.78 is 15.8. The predicted octanol–water partition coefficient (Wildman–Crippen LogP) is 6.55. The van der Waals surface area contributed by atoms with E-state index in [4.69, 9.17) is 31.6 Å². The summed E-state index contributed by atoms with van der Waals surface area (Å²) in [7, 11) is 5.50. The Hall–Kier alpha value is -3.37. The number of hydrogen-bond acceptors (Lipinski definition) is 9. The number of methoxy groups -OCH3 is 1. The Balaban J connectivity index is 0.000000410. The number of aryl methyl sites for hydroxylation is 2. The van der Waals surface area contributed by atoms with Crippen molar-refractivity contribution in [3.05, 3.63) is 40.2 Å². The van der Waals surface area contributed by atoms with Crippen LogP contribution in [0, 0.1) is 20.8 Å². The minimum Gasteiger partial charge on any atom is -0.494 e.